The number of benzene rings is 2. The van der Waals surface area contributed by atoms with Crippen molar-refractivity contribution < 1.29 is 19.4 Å². The first-order valence-electron chi connectivity index (χ1n) is 11.0. The highest BCUT2D eigenvalue weighted by molar-refractivity contribution is 5.87. The summed E-state index contributed by atoms with van der Waals surface area (Å²) in [5.74, 6) is 0.530. The van der Waals surface area contributed by atoms with E-state index in [9.17, 15) is 9.90 Å². The van der Waals surface area contributed by atoms with E-state index in [0.717, 1.165) is 63.2 Å². The van der Waals surface area contributed by atoms with Crippen molar-refractivity contribution in [2.24, 2.45) is 5.92 Å². The Morgan fingerprint density at radius 2 is 2.03 bits per heavy atom. The van der Waals surface area contributed by atoms with Crippen molar-refractivity contribution in [3.63, 3.8) is 0 Å². The molecule has 0 bridgehead atoms. The molecule has 1 spiro atoms. The normalized spacial score (nSPS) is 25.2. The summed E-state index contributed by atoms with van der Waals surface area (Å²) in [5.41, 5.74) is 3.67. The van der Waals surface area contributed by atoms with E-state index in [4.69, 9.17) is 9.47 Å². The van der Waals surface area contributed by atoms with Gasteiger partial charge in [0.05, 0.1) is 11.7 Å². The minimum absolute atomic E-state index is 0.141. The van der Waals surface area contributed by atoms with E-state index in [1.807, 2.05) is 12.1 Å². The van der Waals surface area contributed by atoms with Gasteiger partial charge in [-0.3, -0.25) is 4.90 Å². The number of piperidine rings is 1. The Bertz CT molecular complexity index is 948. The standard InChI is InChI=1S/C25H29NO4/c1-17-7-8-20-22(14-17)30-25(21-6-3-13-29-23(20)21)9-11-26(12-10-25)16-18-4-2-5-19(15-18)24(27)28/h2,4-5,7-8,14-15,21,23H,3,6,9-13,16H2,1H3,(H,27,28)/t21-,23+/m0/s1. The summed E-state index contributed by atoms with van der Waals surface area (Å²) in [6.07, 6.45) is 4.34. The predicted molar refractivity (Wildman–Crippen MR) is 114 cm³/mol. The van der Waals surface area contributed by atoms with Crippen LogP contribution in [-0.2, 0) is 11.3 Å². The number of aryl methyl sites for hydroxylation is 1. The number of fused-ring (bicyclic) bond motifs is 4. The van der Waals surface area contributed by atoms with Crippen LogP contribution in [-0.4, -0.2) is 41.3 Å². The molecule has 0 saturated carbocycles. The molecule has 0 amide bonds. The van der Waals surface area contributed by atoms with Crippen LogP contribution in [0.3, 0.4) is 0 Å². The fourth-order valence-corrected chi connectivity index (χ4v) is 5.51. The van der Waals surface area contributed by atoms with E-state index in [1.165, 1.54) is 11.1 Å². The van der Waals surface area contributed by atoms with Gasteiger partial charge in [0.1, 0.15) is 11.4 Å². The zero-order chi connectivity index (χ0) is 20.7. The van der Waals surface area contributed by atoms with Gasteiger partial charge in [-0.2, -0.15) is 0 Å². The Morgan fingerprint density at radius 1 is 1.20 bits per heavy atom. The summed E-state index contributed by atoms with van der Waals surface area (Å²) in [6.45, 7) is 5.61. The number of hydrogen-bond acceptors (Lipinski definition) is 4. The number of likely N-dealkylation sites (tertiary alicyclic amines) is 1. The zero-order valence-corrected chi connectivity index (χ0v) is 17.5. The van der Waals surface area contributed by atoms with Crippen LogP contribution in [0.2, 0.25) is 0 Å². The molecule has 0 aliphatic carbocycles. The lowest BCUT2D eigenvalue weighted by Crippen LogP contribution is -2.57. The Hall–Kier alpha value is -2.37. The van der Waals surface area contributed by atoms with E-state index in [2.05, 4.69) is 30.0 Å². The highest BCUT2D eigenvalue weighted by Crippen LogP contribution is 2.53. The summed E-state index contributed by atoms with van der Waals surface area (Å²) < 4.78 is 13.1. The molecular formula is C25H29NO4. The Labute approximate surface area is 177 Å². The van der Waals surface area contributed by atoms with Crippen LogP contribution < -0.4 is 4.74 Å². The summed E-state index contributed by atoms with van der Waals surface area (Å²) in [4.78, 5) is 13.7. The van der Waals surface area contributed by atoms with Crippen LogP contribution in [0.4, 0.5) is 0 Å². The molecule has 5 rings (SSSR count). The third kappa shape index (κ3) is 3.50. The maximum absolute atomic E-state index is 11.3. The number of aromatic carboxylic acids is 1. The highest BCUT2D eigenvalue weighted by Gasteiger charge is 2.52. The molecule has 3 aliphatic heterocycles. The number of ether oxygens (including phenoxy) is 2. The zero-order valence-electron chi connectivity index (χ0n) is 17.5. The highest BCUT2D eigenvalue weighted by atomic mass is 16.5. The van der Waals surface area contributed by atoms with Crippen molar-refractivity contribution in [3.8, 4) is 5.75 Å². The molecule has 3 aliphatic rings. The van der Waals surface area contributed by atoms with Gasteiger partial charge in [0.15, 0.2) is 0 Å². The van der Waals surface area contributed by atoms with Crippen LogP contribution in [0.1, 0.15) is 58.8 Å². The molecule has 2 aromatic carbocycles. The molecular weight excluding hydrogens is 378 g/mol. The van der Waals surface area contributed by atoms with E-state index < -0.39 is 5.97 Å². The molecule has 0 unspecified atom stereocenters. The molecule has 2 atom stereocenters. The topological polar surface area (TPSA) is 59.0 Å². The largest absolute Gasteiger partial charge is 0.486 e. The maximum Gasteiger partial charge on any atom is 0.335 e. The van der Waals surface area contributed by atoms with Crippen LogP contribution >= 0.6 is 0 Å². The number of carbonyl (C=O) groups is 1. The average molecular weight is 408 g/mol. The van der Waals surface area contributed by atoms with E-state index in [1.54, 1.807) is 12.1 Å². The van der Waals surface area contributed by atoms with Gasteiger partial charge in [0, 0.05) is 50.6 Å². The quantitative estimate of drug-likeness (QED) is 0.807. The van der Waals surface area contributed by atoms with E-state index in [-0.39, 0.29) is 11.7 Å². The van der Waals surface area contributed by atoms with Crippen molar-refractivity contribution in [1.82, 2.24) is 4.90 Å². The minimum Gasteiger partial charge on any atom is -0.486 e. The molecule has 0 aromatic heterocycles. The molecule has 30 heavy (non-hydrogen) atoms. The molecule has 158 valence electrons. The molecule has 2 aromatic rings. The van der Waals surface area contributed by atoms with Gasteiger partial charge < -0.3 is 14.6 Å². The second kappa shape index (κ2) is 7.71. The lowest BCUT2D eigenvalue weighted by Gasteiger charge is -2.53. The Kier molecular flexibility index (Phi) is 5.03. The lowest BCUT2D eigenvalue weighted by molar-refractivity contribution is -0.150. The van der Waals surface area contributed by atoms with Gasteiger partial charge >= 0.3 is 5.97 Å². The second-order valence-corrected chi connectivity index (χ2v) is 9.03. The SMILES string of the molecule is Cc1ccc2c(c1)OC1(CCN(Cc3cccc(C(=O)O)c3)CC1)[C@H]1CCCO[C@H]21. The Balaban J connectivity index is 1.34. The van der Waals surface area contributed by atoms with Crippen LogP contribution in [0.15, 0.2) is 42.5 Å². The van der Waals surface area contributed by atoms with Crippen molar-refractivity contribution >= 4 is 5.97 Å². The molecule has 2 fully saturated rings. The number of nitrogens with zero attached hydrogens (tertiary/aromatic N) is 1. The number of rotatable bonds is 3. The van der Waals surface area contributed by atoms with Gasteiger partial charge in [0.25, 0.3) is 0 Å². The molecule has 2 saturated heterocycles. The Morgan fingerprint density at radius 3 is 2.83 bits per heavy atom. The number of hydrogen-bond donors (Lipinski definition) is 1. The average Bonchev–Trinajstić information content (AvgIpc) is 2.76. The van der Waals surface area contributed by atoms with Crippen LogP contribution in [0, 0.1) is 12.8 Å². The van der Waals surface area contributed by atoms with Crippen molar-refractivity contribution in [2.75, 3.05) is 19.7 Å². The first kappa shape index (κ1) is 19.6. The fourth-order valence-electron chi connectivity index (χ4n) is 5.51. The van der Waals surface area contributed by atoms with Crippen LogP contribution in [0.25, 0.3) is 0 Å². The van der Waals surface area contributed by atoms with Crippen molar-refractivity contribution in [2.45, 2.75) is 50.9 Å². The number of carboxylic acids is 1. The molecule has 1 N–H and O–H groups in total. The first-order valence-corrected chi connectivity index (χ1v) is 11.0. The number of carboxylic acid groups (broad SMARTS) is 1. The van der Waals surface area contributed by atoms with Crippen LogP contribution in [0.5, 0.6) is 5.75 Å². The molecule has 5 heteroatoms. The van der Waals surface area contributed by atoms with Gasteiger partial charge in [-0.25, -0.2) is 4.79 Å². The van der Waals surface area contributed by atoms with E-state index >= 15 is 0 Å². The van der Waals surface area contributed by atoms with Crippen molar-refractivity contribution in [1.29, 1.82) is 0 Å². The van der Waals surface area contributed by atoms with Crippen molar-refractivity contribution in [3.05, 3.63) is 64.7 Å². The fraction of sp³-hybridized carbons (Fsp3) is 0.480. The summed E-state index contributed by atoms with van der Waals surface area (Å²) in [5, 5.41) is 9.25. The third-order valence-corrected chi connectivity index (χ3v) is 7.07. The first-order chi connectivity index (χ1) is 14.5. The molecule has 3 heterocycles. The molecule has 5 nitrogen and oxygen atoms in total. The lowest BCUT2D eigenvalue weighted by atomic mass is 9.70. The monoisotopic (exact) mass is 407 g/mol. The predicted octanol–water partition coefficient (Wildman–Crippen LogP) is 4.59. The third-order valence-electron chi connectivity index (χ3n) is 7.07. The van der Waals surface area contributed by atoms with Gasteiger partial charge in [-0.1, -0.05) is 24.3 Å². The summed E-state index contributed by atoms with van der Waals surface area (Å²) >= 11 is 0. The van der Waals surface area contributed by atoms with E-state index in [0.29, 0.717) is 11.5 Å². The summed E-state index contributed by atoms with van der Waals surface area (Å²) in [7, 11) is 0. The van der Waals surface area contributed by atoms with Gasteiger partial charge in [0.2, 0.25) is 0 Å². The van der Waals surface area contributed by atoms with Gasteiger partial charge in [-0.15, -0.1) is 0 Å². The maximum atomic E-state index is 11.3. The smallest absolute Gasteiger partial charge is 0.335 e. The minimum atomic E-state index is -0.873. The van der Waals surface area contributed by atoms with Gasteiger partial charge in [-0.05, 0) is 49.1 Å². The second-order valence-electron chi connectivity index (χ2n) is 9.03. The summed E-state index contributed by atoms with van der Waals surface area (Å²) in [6, 6.07) is 13.8. The molecule has 0 radical (unpaired) electrons.